The van der Waals surface area contributed by atoms with Gasteiger partial charge in [-0.05, 0) is 32.7 Å². The molecule has 1 atom stereocenters. The molecule has 1 heterocycles. The van der Waals surface area contributed by atoms with Crippen molar-refractivity contribution in [2.45, 2.75) is 65.0 Å². The zero-order valence-electron chi connectivity index (χ0n) is 12.7. The summed E-state index contributed by atoms with van der Waals surface area (Å²) >= 11 is 1.73. The van der Waals surface area contributed by atoms with Gasteiger partial charge in [-0.1, -0.05) is 20.8 Å². The number of hydrogen-bond donors (Lipinski definition) is 1. The summed E-state index contributed by atoms with van der Waals surface area (Å²) in [5, 5.41) is 6.92. The predicted molar refractivity (Wildman–Crippen MR) is 82.8 cm³/mol. The van der Waals surface area contributed by atoms with Gasteiger partial charge in [0.15, 0.2) is 0 Å². The van der Waals surface area contributed by atoms with E-state index in [0.717, 1.165) is 38.8 Å². The Balaban J connectivity index is 2.84. The fourth-order valence-electron chi connectivity index (χ4n) is 2.63. The van der Waals surface area contributed by atoms with Crippen LogP contribution in [-0.2, 0) is 11.2 Å². The van der Waals surface area contributed by atoms with Crippen molar-refractivity contribution in [3.05, 3.63) is 16.6 Å². The minimum Gasteiger partial charge on any atom is -0.374 e. The van der Waals surface area contributed by atoms with Crippen LogP contribution in [0.15, 0.2) is 11.6 Å². The standard InChI is InChI=1S/C15H28N2OS/c1-5-9-16-13(12-14-17-10-11-19-14)15(6-2,7-3)18-8-4/h10-11,13,16H,5-9,12H2,1-4H3. The van der Waals surface area contributed by atoms with Gasteiger partial charge in [0.2, 0.25) is 0 Å². The minimum absolute atomic E-state index is 0.0738. The van der Waals surface area contributed by atoms with Gasteiger partial charge in [0.05, 0.1) is 10.6 Å². The molecule has 0 spiro atoms. The van der Waals surface area contributed by atoms with E-state index in [-0.39, 0.29) is 5.60 Å². The molecule has 0 aromatic carbocycles. The zero-order chi connectivity index (χ0) is 14.1. The van der Waals surface area contributed by atoms with Crippen LogP contribution < -0.4 is 5.32 Å². The van der Waals surface area contributed by atoms with Crippen molar-refractivity contribution >= 4 is 11.3 Å². The van der Waals surface area contributed by atoms with E-state index in [0.29, 0.717) is 6.04 Å². The first-order valence-corrected chi connectivity index (χ1v) is 8.36. The molecule has 1 N–H and O–H groups in total. The molecule has 0 radical (unpaired) electrons. The number of hydrogen-bond acceptors (Lipinski definition) is 4. The quantitative estimate of drug-likeness (QED) is 0.712. The van der Waals surface area contributed by atoms with Gasteiger partial charge in [-0.15, -0.1) is 11.3 Å². The third kappa shape index (κ3) is 4.55. The van der Waals surface area contributed by atoms with Crippen LogP contribution in [0.4, 0.5) is 0 Å². The third-order valence-corrected chi connectivity index (χ3v) is 4.57. The SMILES string of the molecule is CCCNC(Cc1nccs1)C(CC)(CC)OCC. The summed E-state index contributed by atoms with van der Waals surface area (Å²) in [7, 11) is 0. The van der Waals surface area contributed by atoms with Crippen LogP contribution in [0.3, 0.4) is 0 Å². The smallest absolute Gasteiger partial charge is 0.0941 e. The molecular weight excluding hydrogens is 256 g/mol. The summed E-state index contributed by atoms with van der Waals surface area (Å²) in [6, 6.07) is 0.341. The summed E-state index contributed by atoms with van der Waals surface area (Å²) in [4.78, 5) is 4.43. The van der Waals surface area contributed by atoms with Crippen molar-refractivity contribution in [1.29, 1.82) is 0 Å². The largest absolute Gasteiger partial charge is 0.374 e. The van der Waals surface area contributed by atoms with Gasteiger partial charge in [0.25, 0.3) is 0 Å². The normalized spacial score (nSPS) is 13.7. The molecule has 1 aromatic heterocycles. The highest BCUT2D eigenvalue weighted by Gasteiger charge is 2.36. The maximum absolute atomic E-state index is 6.15. The summed E-state index contributed by atoms with van der Waals surface area (Å²) < 4.78 is 6.15. The van der Waals surface area contributed by atoms with Crippen LogP contribution in [0, 0.1) is 0 Å². The zero-order valence-corrected chi connectivity index (χ0v) is 13.6. The maximum Gasteiger partial charge on any atom is 0.0941 e. The summed E-state index contributed by atoms with van der Waals surface area (Å²) in [6.45, 7) is 10.5. The predicted octanol–water partition coefficient (Wildman–Crippen LogP) is 3.65. The van der Waals surface area contributed by atoms with E-state index in [1.54, 1.807) is 11.3 Å². The van der Waals surface area contributed by atoms with Gasteiger partial charge in [-0.2, -0.15) is 0 Å². The highest BCUT2D eigenvalue weighted by Crippen LogP contribution is 2.28. The molecule has 0 aliphatic carbocycles. The van der Waals surface area contributed by atoms with Gasteiger partial charge >= 0.3 is 0 Å². The van der Waals surface area contributed by atoms with Crippen LogP contribution in [0.1, 0.15) is 52.0 Å². The molecule has 0 bridgehead atoms. The van der Waals surface area contributed by atoms with Gasteiger partial charge in [-0.25, -0.2) is 4.98 Å². The number of nitrogens with one attached hydrogen (secondary N) is 1. The Labute approximate surface area is 121 Å². The molecule has 1 unspecified atom stereocenters. The van der Waals surface area contributed by atoms with Crippen LogP contribution in [0.25, 0.3) is 0 Å². The highest BCUT2D eigenvalue weighted by molar-refractivity contribution is 7.09. The lowest BCUT2D eigenvalue weighted by atomic mass is 9.86. The topological polar surface area (TPSA) is 34.2 Å². The average molecular weight is 284 g/mol. The lowest BCUT2D eigenvalue weighted by Gasteiger charge is -2.39. The number of ether oxygens (including phenoxy) is 1. The first kappa shape index (κ1) is 16.6. The monoisotopic (exact) mass is 284 g/mol. The molecule has 19 heavy (non-hydrogen) atoms. The molecule has 1 aromatic rings. The Morgan fingerprint density at radius 2 is 2.05 bits per heavy atom. The average Bonchev–Trinajstić information content (AvgIpc) is 2.94. The minimum atomic E-state index is -0.0738. The second-order valence-corrected chi connectivity index (χ2v) is 5.82. The van der Waals surface area contributed by atoms with E-state index < -0.39 is 0 Å². The summed E-state index contributed by atoms with van der Waals surface area (Å²) in [5.74, 6) is 0. The van der Waals surface area contributed by atoms with Gasteiger partial charge < -0.3 is 10.1 Å². The fraction of sp³-hybridized carbons (Fsp3) is 0.800. The number of aromatic nitrogens is 1. The van der Waals surface area contributed by atoms with E-state index >= 15 is 0 Å². The van der Waals surface area contributed by atoms with Gasteiger partial charge in [0.1, 0.15) is 0 Å². The van der Waals surface area contributed by atoms with E-state index in [9.17, 15) is 0 Å². The van der Waals surface area contributed by atoms with Gasteiger partial charge in [-0.3, -0.25) is 0 Å². The molecule has 0 saturated heterocycles. The number of thiazole rings is 1. The van der Waals surface area contributed by atoms with E-state index in [4.69, 9.17) is 4.74 Å². The summed E-state index contributed by atoms with van der Waals surface area (Å²) in [5.41, 5.74) is -0.0738. The second kappa shape index (κ2) is 8.67. The van der Waals surface area contributed by atoms with Crippen molar-refractivity contribution in [3.8, 4) is 0 Å². The Kier molecular flexibility index (Phi) is 7.57. The molecule has 110 valence electrons. The first-order chi connectivity index (χ1) is 9.22. The van der Waals surface area contributed by atoms with Crippen molar-refractivity contribution in [2.75, 3.05) is 13.2 Å². The van der Waals surface area contributed by atoms with Crippen LogP contribution in [0.2, 0.25) is 0 Å². The molecule has 1 rings (SSSR count). The Bertz CT molecular complexity index is 323. The van der Waals surface area contributed by atoms with Crippen LogP contribution >= 0.6 is 11.3 Å². The maximum atomic E-state index is 6.15. The summed E-state index contributed by atoms with van der Waals surface area (Å²) in [6.07, 6.45) is 6.05. The van der Waals surface area contributed by atoms with Crippen molar-refractivity contribution in [3.63, 3.8) is 0 Å². The number of rotatable bonds is 10. The first-order valence-electron chi connectivity index (χ1n) is 7.48. The van der Waals surface area contributed by atoms with E-state index in [1.165, 1.54) is 5.01 Å². The molecular formula is C15H28N2OS. The fourth-order valence-corrected chi connectivity index (χ4v) is 3.29. The van der Waals surface area contributed by atoms with Crippen molar-refractivity contribution < 1.29 is 4.74 Å². The molecule has 3 nitrogen and oxygen atoms in total. The molecule has 0 fully saturated rings. The third-order valence-electron chi connectivity index (χ3n) is 3.77. The molecule has 0 aliphatic rings. The number of nitrogens with zero attached hydrogens (tertiary/aromatic N) is 1. The Morgan fingerprint density at radius 3 is 2.53 bits per heavy atom. The molecule has 4 heteroatoms. The van der Waals surface area contributed by atoms with E-state index in [2.05, 4.69) is 38.0 Å². The molecule has 0 saturated carbocycles. The molecule has 0 amide bonds. The van der Waals surface area contributed by atoms with Crippen LogP contribution in [0.5, 0.6) is 0 Å². The van der Waals surface area contributed by atoms with Crippen molar-refractivity contribution in [2.24, 2.45) is 0 Å². The van der Waals surface area contributed by atoms with Gasteiger partial charge in [0, 0.05) is 30.6 Å². The Hall–Kier alpha value is -0.450. The molecule has 0 aliphatic heterocycles. The lowest BCUT2D eigenvalue weighted by Crippen LogP contribution is -2.53. The highest BCUT2D eigenvalue weighted by atomic mass is 32.1. The Morgan fingerprint density at radius 1 is 1.32 bits per heavy atom. The van der Waals surface area contributed by atoms with E-state index in [1.807, 2.05) is 11.6 Å². The second-order valence-electron chi connectivity index (χ2n) is 4.84. The van der Waals surface area contributed by atoms with Crippen molar-refractivity contribution in [1.82, 2.24) is 10.3 Å². The lowest BCUT2D eigenvalue weighted by molar-refractivity contribution is -0.0718. The van der Waals surface area contributed by atoms with Crippen LogP contribution in [-0.4, -0.2) is 29.8 Å².